The number of fused-ring (bicyclic) bond motifs is 1. The van der Waals surface area contributed by atoms with Gasteiger partial charge < -0.3 is 19.5 Å². The molecule has 158 valence electrons. The summed E-state index contributed by atoms with van der Waals surface area (Å²) in [5.41, 5.74) is 0.298. The summed E-state index contributed by atoms with van der Waals surface area (Å²) in [6.07, 6.45) is 0. The molecule has 1 N–H and O–H groups in total. The Bertz CT molecular complexity index is 1070. The van der Waals surface area contributed by atoms with Gasteiger partial charge in [-0.1, -0.05) is 6.07 Å². The number of carbonyl (C=O) groups is 2. The summed E-state index contributed by atoms with van der Waals surface area (Å²) < 4.78 is 31.0. The number of amides is 1. The van der Waals surface area contributed by atoms with Gasteiger partial charge in [0.1, 0.15) is 35.3 Å². The third kappa shape index (κ3) is 5.09. The van der Waals surface area contributed by atoms with Crippen molar-refractivity contribution in [2.24, 2.45) is 0 Å². The molecule has 0 aliphatic rings. The molecule has 1 amide bonds. The predicted molar refractivity (Wildman–Crippen MR) is 117 cm³/mol. The number of anilines is 1. The summed E-state index contributed by atoms with van der Waals surface area (Å²) in [4.78, 5) is 24.1. The molecule has 6 nitrogen and oxygen atoms in total. The van der Waals surface area contributed by atoms with Gasteiger partial charge in [-0.15, -0.1) is 11.3 Å². The Labute approximate surface area is 185 Å². The van der Waals surface area contributed by atoms with Gasteiger partial charge in [-0.3, -0.25) is 4.79 Å². The minimum atomic E-state index is -0.514. The van der Waals surface area contributed by atoms with E-state index in [2.05, 4.69) is 21.2 Å². The van der Waals surface area contributed by atoms with Gasteiger partial charge in [0.2, 0.25) is 5.91 Å². The zero-order valence-corrected chi connectivity index (χ0v) is 18.7. The molecular weight excluding hydrogens is 477 g/mol. The maximum Gasteiger partial charge on any atom is 0.341 e. The lowest BCUT2D eigenvalue weighted by Crippen LogP contribution is -2.11. The molecule has 0 saturated heterocycles. The van der Waals surface area contributed by atoms with Gasteiger partial charge in [-0.25, -0.2) is 9.18 Å². The van der Waals surface area contributed by atoms with E-state index in [9.17, 15) is 14.0 Å². The molecule has 1 aromatic heterocycles. The van der Waals surface area contributed by atoms with E-state index < -0.39 is 5.97 Å². The fourth-order valence-electron chi connectivity index (χ4n) is 2.73. The lowest BCUT2D eigenvalue weighted by Gasteiger charge is -2.11. The van der Waals surface area contributed by atoms with E-state index in [0.29, 0.717) is 36.6 Å². The zero-order chi connectivity index (χ0) is 21.7. The van der Waals surface area contributed by atoms with E-state index in [-0.39, 0.29) is 31.5 Å². The largest absolute Gasteiger partial charge is 0.490 e. The predicted octanol–water partition coefficient (Wildman–Crippen LogP) is 5.40. The van der Waals surface area contributed by atoms with E-state index in [1.807, 2.05) is 0 Å². The summed E-state index contributed by atoms with van der Waals surface area (Å²) in [6.45, 7) is 3.77. The van der Waals surface area contributed by atoms with E-state index in [1.54, 1.807) is 19.1 Å². The van der Waals surface area contributed by atoms with Crippen molar-refractivity contribution in [1.82, 2.24) is 0 Å². The van der Waals surface area contributed by atoms with Crippen LogP contribution in [-0.2, 0) is 9.53 Å². The number of benzene rings is 2. The first-order valence-electron chi connectivity index (χ1n) is 9.11. The minimum absolute atomic E-state index is 0.219. The number of hydrogen-bond donors (Lipinski definition) is 1. The highest BCUT2D eigenvalue weighted by Gasteiger charge is 2.24. The average Bonchev–Trinajstić information content (AvgIpc) is 3.05. The van der Waals surface area contributed by atoms with Gasteiger partial charge in [-0.2, -0.15) is 0 Å². The second-order valence-corrected chi connectivity index (χ2v) is 7.99. The Morgan fingerprint density at radius 3 is 2.47 bits per heavy atom. The molecule has 0 radical (unpaired) electrons. The molecule has 3 aromatic rings. The molecule has 0 spiro atoms. The SMILES string of the molecule is CCOC(=O)c1c(NC(C)=O)sc2c(OCCOc3ccc(F)cc3)c(Br)ccc12. The van der Waals surface area contributed by atoms with E-state index in [1.165, 1.54) is 42.5 Å². The Morgan fingerprint density at radius 1 is 1.10 bits per heavy atom. The van der Waals surface area contributed by atoms with Gasteiger partial charge in [0.25, 0.3) is 0 Å². The van der Waals surface area contributed by atoms with Crippen LogP contribution in [0.15, 0.2) is 40.9 Å². The number of carbonyl (C=O) groups excluding carboxylic acids is 2. The molecule has 0 atom stereocenters. The van der Waals surface area contributed by atoms with Crippen molar-refractivity contribution in [1.29, 1.82) is 0 Å². The quantitative estimate of drug-likeness (QED) is 0.334. The highest BCUT2D eigenvalue weighted by molar-refractivity contribution is 9.10. The number of esters is 1. The Hall–Kier alpha value is -2.65. The van der Waals surface area contributed by atoms with Gasteiger partial charge in [0.05, 0.1) is 15.8 Å². The lowest BCUT2D eigenvalue weighted by atomic mass is 10.1. The van der Waals surface area contributed by atoms with Crippen LogP contribution in [0.25, 0.3) is 10.1 Å². The Balaban J connectivity index is 1.84. The number of thiophene rings is 1. The molecule has 0 unspecified atom stereocenters. The van der Waals surface area contributed by atoms with E-state index in [4.69, 9.17) is 14.2 Å². The van der Waals surface area contributed by atoms with Crippen LogP contribution in [0.2, 0.25) is 0 Å². The lowest BCUT2D eigenvalue weighted by molar-refractivity contribution is -0.114. The van der Waals surface area contributed by atoms with Crippen molar-refractivity contribution in [3.63, 3.8) is 0 Å². The van der Waals surface area contributed by atoms with Gasteiger partial charge >= 0.3 is 5.97 Å². The van der Waals surface area contributed by atoms with E-state index >= 15 is 0 Å². The normalized spacial score (nSPS) is 10.7. The third-order valence-electron chi connectivity index (χ3n) is 3.95. The molecule has 2 aromatic carbocycles. The number of rotatable bonds is 8. The van der Waals surface area contributed by atoms with Crippen LogP contribution in [0.1, 0.15) is 24.2 Å². The number of nitrogens with one attached hydrogen (secondary N) is 1. The first-order chi connectivity index (χ1) is 14.4. The van der Waals surface area contributed by atoms with Gasteiger partial charge in [0.15, 0.2) is 5.75 Å². The molecule has 30 heavy (non-hydrogen) atoms. The van der Waals surface area contributed by atoms with Crippen molar-refractivity contribution in [2.45, 2.75) is 13.8 Å². The van der Waals surface area contributed by atoms with Gasteiger partial charge in [-0.05, 0) is 53.2 Å². The molecule has 0 aliphatic carbocycles. The van der Waals surface area contributed by atoms with Crippen LogP contribution < -0.4 is 14.8 Å². The highest BCUT2D eigenvalue weighted by atomic mass is 79.9. The van der Waals surface area contributed by atoms with Crippen LogP contribution in [-0.4, -0.2) is 31.7 Å². The molecule has 0 saturated carbocycles. The van der Waals surface area contributed by atoms with Crippen molar-refractivity contribution in [3.8, 4) is 11.5 Å². The zero-order valence-electron chi connectivity index (χ0n) is 16.3. The highest BCUT2D eigenvalue weighted by Crippen LogP contribution is 2.44. The van der Waals surface area contributed by atoms with Crippen LogP contribution in [0.3, 0.4) is 0 Å². The monoisotopic (exact) mass is 495 g/mol. The summed E-state index contributed by atoms with van der Waals surface area (Å²) in [6, 6.07) is 9.26. The molecule has 9 heteroatoms. The maximum atomic E-state index is 13.0. The van der Waals surface area contributed by atoms with Crippen molar-refractivity contribution < 1.29 is 28.2 Å². The van der Waals surface area contributed by atoms with Crippen molar-refractivity contribution >= 4 is 54.2 Å². The molecule has 0 bridgehead atoms. The number of hydrogen-bond acceptors (Lipinski definition) is 6. The fourth-order valence-corrected chi connectivity index (χ4v) is 4.55. The minimum Gasteiger partial charge on any atom is -0.490 e. The van der Waals surface area contributed by atoms with Crippen LogP contribution in [0.4, 0.5) is 9.39 Å². The maximum absolute atomic E-state index is 13.0. The van der Waals surface area contributed by atoms with Gasteiger partial charge in [0, 0.05) is 12.3 Å². The second-order valence-electron chi connectivity index (χ2n) is 6.11. The van der Waals surface area contributed by atoms with Crippen LogP contribution in [0.5, 0.6) is 11.5 Å². The summed E-state index contributed by atoms with van der Waals surface area (Å²) in [5, 5.41) is 3.72. The fraction of sp³-hybridized carbons (Fsp3) is 0.238. The summed E-state index contributed by atoms with van der Waals surface area (Å²) >= 11 is 4.70. The summed E-state index contributed by atoms with van der Waals surface area (Å²) in [5.74, 6) is -0.0747. The molecular formula is C21H19BrFNO5S. The van der Waals surface area contributed by atoms with Crippen molar-refractivity contribution in [2.75, 3.05) is 25.1 Å². The van der Waals surface area contributed by atoms with Crippen LogP contribution in [0, 0.1) is 5.82 Å². The molecule has 1 heterocycles. The summed E-state index contributed by atoms with van der Waals surface area (Å²) in [7, 11) is 0. The standard InChI is InChI=1S/C21H19BrFNO5S/c1-3-27-21(26)17-15-8-9-16(22)18(19(15)30-20(17)24-12(2)25)29-11-10-28-14-6-4-13(23)5-7-14/h4-9H,3,10-11H2,1-2H3,(H,24,25). The van der Waals surface area contributed by atoms with Crippen molar-refractivity contribution in [3.05, 3.63) is 52.3 Å². The topological polar surface area (TPSA) is 73.9 Å². The Kier molecular flexibility index (Phi) is 7.28. The molecule has 0 aliphatic heterocycles. The number of halogens is 2. The Morgan fingerprint density at radius 2 is 1.80 bits per heavy atom. The molecule has 0 fully saturated rings. The smallest absolute Gasteiger partial charge is 0.341 e. The average molecular weight is 496 g/mol. The first-order valence-corrected chi connectivity index (χ1v) is 10.7. The molecule has 3 rings (SSSR count). The third-order valence-corrected chi connectivity index (χ3v) is 5.69. The first kappa shape index (κ1) is 22.0. The van der Waals surface area contributed by atoms with E-state index in [0.717, 1.165) is 0 Å². The second kappa shape index (κ2) is 9.90. The number of ether oxygens (including phenoxy) is 3. The van der Waals surface area contributed by atoms with Crippen LogP contribution >= 0.6 is 27.3 Å².